The summed E-state index contributed by atoms with van der Waals surface area (Å²) in [5.41, 5.74) is 1.43. The van der Waals surface area contributed by atoms with Gasteiger partial charge in [0.05, 0.1) is 17.5 Å². The number of carbonyl (C=O) groups excluding carboxylic acids is 3. The summed E-state index contributed by atoms with van der Waals surface area (Å²) in [6.45, 7) is 13.1. The lowest BCUT2D eigenvalue weighted by Crippen LogP contribution is -2.79. The maximum Gasteiger partial charge on any atom is 0.308 e. The molecule has 1 amide bonds. The molecule has 8 nitrogen and oxygen atoms in total. The highest BCUT2D eigenvalue weighted by Crippen LogP contribution is 2.67. The number of hydrogen-bond acceptors (Lipinski definition) is 7. The minimum absolute atomic E-state index is 0.0830. The Balaban J connectivity index is 1.51. The van der Waals surface area contributed by atoms with Crippen molar-refractivity contribution in [2.45, 2.75) is 82.6 Å². The SMILES string of the molecule is C=CCN1CC[C@]23c4c5ccc(OC(C)=O)c4O[C@H]2[C@H](N(CC(C)C)C(=O)C=Cc2ccccc2)CC[C@@]3(OC(C)=O)[C@H]1C5. The molecule has 1 saturated heterocycles. The van der Waals surface area contributed by atoms with E-state index >= 15 is 0 Å². The molecular weight excluding hydrogens is 556 g/mol. The Bertz CT molecular complexity index is 1500. The number of ether oxygens (including phenoxy) is 3. The molecule has 5 atom stereocenters. The van der Waals surface area contributed by atoms with E-state index in [9.17, 15) is 14.4 Å². The van der Waals surface area contributed by atoms with Gasteiger partial charge in [0, 0.05) is 45.1 Å². The van der Waals surface area contributed by atoms with Crippen LogP contribution < -0.4 is 9.47 Å². The van der Waals surface area contributed by atoms with Gasteiger partial charge in [-0.3, -0.25) is 19.3 Å². The van der Waals surface area contributed by atoms with Gasteiger partial charge in [-0.15, -0.1) is 6.58 Å². The lowest BCUT2D eigenvalue weighted by molar-refractivity contribution is -0.223. The zero-order valence-corrected chi connectivity index (χ0v) is 26.1. The molecule has 2 heterocycles. The van der Waals surface area contributed by atoms with Gasteiger partial charge in [-0.2, -0.15) is 0 Å². The van der Waals surface area contributed by atoms with Gasteiger partial charge < -0.3 is 19.1 Å². The number of nitrogens with zero attached hydrogens (tertiary/aromatic N) is 2. The van der Waals surface area contributed by atoms with Gasteiger partial charge in [-0.1, -0.05) is 56.3 Å². The predicted molar refractivity (Wildman–Crippen MR) is 167 cm³/mol. The van der Waals surface area contributed by atoms with Crippen LogP contribution in [0.5, 0.6) is 11.5 Å². The summed E-state index contributed by atoms with van der Waals surface area (Å²) < 4.78 is 19.2. The summed E-state index contributed by atoms with van der Waals surface area (Å²) in [6, 6.07) is 13.2. The molecular formula is C36H42N2O6. The van der Waals surface area contributed by atoms with E-state index in [-0.39, 0.29) is 29.9 Å². The van der Waals surface area contributed by atoms with Crippen molar-refractivity contribution < 1.29 is 28.6 Å². The molecule has 0 unspecified atom stereocenters. The first-order valence-electron chi connectivity index (χ1n) is 15.7. The second-order valence-corrected chi connectivity index (χ2v) is 13.0. The van der Waals surface area contributed by atoms with E-state index in [0.717, 1.165) is 23.2 Å². The predicted octanol–water partition coefficient (Wildman–Crippen LogP) is 5.09. The summed E-state index contributed by atoms with van der Waals surface area (Å²) >= 11 is 0. The molecule has 44 heavy (non-hydrogen) atoms. The first-order chi connectivity index (χ1) is 21.1. The van der Waals surface area contributed by atoms with Crippen molar-refractivity contribution >= 4 is 23.9 Å². The minimum Gasteiger partial charge on any atom is -0.483 e. The number of esters is 2. The molecule has 2 bridgehead atoms. The molecule has 4 aliphatic rings. The Labute approximate surface area is 259 Å². The maximum atomic E-state index is 14.1. The van der Waals surface area contributed by atoms with Crippen molar-refractivity contribution in [3.8, 4) is 11.5 Å². The number of hydrogen-bond donors (Lipinski definition) is 0. The average molecular weight is 599 g/mol. The fourth-order valence-corrected chi connectivity index (χ4v) is 8.58. The van der Waals surface area contributed by atoms with Gasteiger partial charge in [0.2, 0.25) is 5.91 Å². The fourth-order valence-electron chi connectivity index (χ4n) is 8.58. The summed E-state index contributed by atoms with van der Waals surface area (Å²) in [7, 11) is 0. The van der Waals surface area contributed by atoms with Crippen LogP contribution in [0.2, 0.25) is 0 Å². The number of carbonyl (C=O) groups is 3. The summed E-state index contributed by atoms with van der Waals surface area (Å²) in [6.07, 6.45) is 7.42. The van der Waals surface area contributed by atoms with Crippen LogP contribution >= 0.6 is 0 Å². The first-order valence-corrected chi connectivity index (χ1v) is 15.7. The first kappa shape index (κ1) is 30.1. The normalized spacial score (nSPS) is 28.2. The molecule has 232 valence electrons. The van der Waals surface area contributed by atoms with Crippen LogP contribution in [0.25, 0.3) is 6.08 Å². The third-order valence-corrected chi connectivity index (χ3v) is 9.89. The monoisotopic (exact) mass is 598 g/mol. The molecule has 2 aromatic rings. The van der Waals surface area contributed by atoms with Gasteiger partial charge in [0.15, 0.2) is 11.5 Å². The highest BCUT2D eigenvalue weighted by molar-refractivity contribution is 5.92. The Morgan fingerprint density at radius 3 is 2.57 bits per heavy atom. The van der Waals surface area contributed by atoms with E-state index in [0.29, 0.717) is 50.3 Å². The Morgan fingerprint density at radius 1 is 1.11 bits per heavy atom. The largest absolute Gasteiger partial charge is 0.483 e. The molecule has 1 spiro atoms. The molecule has 0 radical (unpaired) electrons. The van der Waals surface area contributed by atoms with Crippen LogP contribution in [0, 0.1) is 5.92 Å². The van der Waals surface area contributed by atoms with E-state index in [4.69, 9.17) is 14.2 Å². The van der Waals surface area contributed by atoms with Crippen LogP contribution in [0.3, 0.4) is 0 Å². The van der Waals surface area contributed by atoms with Crippen LogP contribution in [0.4, 0.5) is 0 Å². The molecule has 2 aliphatic carbocycles. The van der Waals surface area contributed by atoms with Crippen molar-refractivity contribution in [3.05, 3.63) is 77.9 Å². The molecule has 0 N–H and O–H groups in total. The minimum atomic E-state index is -0.874. The second kappa shape index (κ2) is 11.5. The van der Waals surface area contributed by atoms with Gasteiger partial charge in [-0.25, -0.2) is 0 Å². The molecule has 6 rings (SSSR count). The van der Waals surface area contributed by atoms with E-state index < -0.39 is 23.1 Å². The smallest absolute Gasteiger partial charge is 0.308 e. The molecule has 8 heteroatoms. The zero-order valence-electron chi connectivity index (χ0n) is 26.1. The standard InChI is InChI=1S/C36H42N2O6/c1-6-19-37-20-18-35-32-27-13-14-29(42-24(4)39)33(32)43-34(35)28(16-17-36(35,30(37)21-27)44-25(5)40)38(22-23(2)3)31(41)15-12-26-10-8-7-9-11-26/h6-15,23,28,30,34H,1,16-22H2,2-5H3/t28-,30-,34+,35+,36-/m1/s1. The number of benzene rings is 2. The Kier molecular flexibility index (Phi) is 7.91. The molecule has 1 saturated carbocycles. The van der Waals surface area contributed by atoms with Crippen LogP contribution in [-0.2, 0) is 31.0 Å². The highest BCUT2D eigenvalue weighted by Gasteiger charge is 2.75. The number of rotatable bonds is 9. The molecule has 2 aromatic carbocycles. The Morgan fingerprint density at radius 2 is 1.89 bits per heavy atom. The van der Waals surface area contributed by atoms with Gasteiger partial charge in [0.1, 0.15) is 11.7 Å². The maximum absolute atomic E-state index is 14.1. The number of likely N-dealkylation sites (tertiary alicyclic amines) is 1. The summed E-state index contributed by atoms with van der Waals surface area (Å²) in [5.74, 6) is 0.274. The Hall–Kier alpha value is -3.91. The second-order valence-electron chi connectivity index (χ2n) is 13.0. The van der Waals surface area contributed by atoms with Crippen molar-refractivity contribution in [2.24, 2.45) is 5.92 Å². The van der Waals surface area contributed by atoms with E-state index in [2.05, 4.69) is 25.3 Å². The zero-order chi connectivity index (χ0) is 31.2. The summed E-state index contributed by atoms with van der Waals surface area (Å²) in [4.78, 5) is 43.5. The quantitative estimate of drug-likeness (QED) is 0.172. The lowest BCUT2D eigenvalue weighted by atomic mass is 9.48. The topological polar surface area (TPSA) is 85.4 Å². The average Bonchev–Trinajstić information content (AvgIpc) is 3.33. The van der Waals surface area contributed by atoms with E-state index in [1.54, 1.807) is 6.08 Å². The summed E-state index contributed by atoms with van der Waals surface area (Å²) in [5, 5.41) is 0. The highest BCUT2D eigenvalue weighted by atomic mass is 16.6. The van der Waals surface area contributed by atoms with Gasteiger partial charge in [0.25, 0.3) is 0 Å². The number of amides is 1. The van der Waals surface area contributed by atoms with Crippen LogP contribution in [-0.4, -0.2) is 71.1 Å². The third-order valence-electron chi connectivity index (χ3n) is 9.89. The lowest BCUT2D eigenvalue weighted by Gasteiger charge is -2.65. The number of piperidine rings is 1. The van der Waals surface area contributed by atoms with Gasteiger partial charge in [-0.05, 0) is 54.9 Å². The van der Waals surface area contributed by atoms with E-state index in [1.807, 2.05) is 59.5 Å². The van der Waals surface area contributed by atoms with Crippen LogP contribution in [0.1, 0.15) is 63.6 Å². The van der Waals surface area contributed by atoms with E-state index in [1.165, 1.54) is 13.8 Å². The van der Waals surface area contributed by atoms with Crippen LogP contribution in [0.15, 0.2) is 61.2 Å². The van der Waals surface area contributed by atoms with Crippen molar-refractivity contribution in [1.82, 2.24) is 9.80 Å². The molecule has 0 aromatic heterocycles. The van der Waals surface area contributed by atoms with Crippen molar-refractivity contribution in [1.29, 1.82) is 0 Å². The molecule has 2 aliphatic heterocycles. The third kappa shape index (κ3) is 4.74. The van der Waals surface area contributed by atoms with Crippen molar-refractivity contribution in [3.63, 3.8) is 0 Å². The van der Waals surface area contributed by atoms with Crippen molar-refractivity contribution in [2.75, 3.05) is 19.6 Å². The molecule has 2 fully saturated rings. The van der Waals surface area contributed by atoms with Gasteiger partial charge >= 0.3 is 11.9 Å². The fraction of sp³-hybridized carbons (Fsp3) is 0.472.